The summed E-state index contributed by atoms with van der Waals surface area (Å²) in [6.45, 7) is 2.41. The van der Waals surface area contributed by atoms with Crippen molar-refractivity contribution in [3.8, 4) is 10.6 Å². The summed E-state index contributed by atoms with van der Waals surface area (Å²) < 4.78 is 0. The van der Waals surface area contributed by atoms with Crippen molar-refractivity contribution in [2.24, 2.45) is 0 Å². The first kappa shape index (κ1) is 15.0. The van der Waals surface area contributed by atoms with E-state index in [0.29, 0.717) is 17.1 Å². The molecular weight excluding hydrogens is 316 g/mol. The number of benzene rings is 1. The SMILES string of the molecule is CCCN1C(=O)S/C(=C/c2csc(-c3ccccc3)n2)C1=O. The molecule has 1 aliphatic rings. The Morgan fingerprint density at radius 3 is 2.73 bits per heavy atom. The third-order valence-corrected chi connectivity index (χ3v) is 4.96. The first-order valence-corrected chi connectivity index (χ1v) is 8.65. The molecule has 2 heterocycles. The van der Waals surface area contributed by atoms with Crippen molar-refractivity contribution in [1.29, 1.82) is 0 Å². The molecule has 1 aromatic carbocycles. The predicted octanol–water partition coefficient (Wildman–Crippen LogP) is 4.26. The molecule has 0 N–H and O–H groups in total. The van der Waals surface area contributed by atoms with Gasteiger partial charge in [-0.1, -0.05) is 37.3 Å². The number of imide groups is 1. The highest BCUT2D eigenvalue weighted by molar-refractivity contribution is 8.18. The lowest BCUT2D eigenvalue weighted by atomic mass is 10.2. The Labute approximate surface area is 136 Å². The highest BCUT2D eigenvalue weighted by Crippen LogP contribution is 2.33. The van der Waals surface area contributed by atoms with Crippen LogP contribution in [0, 0.1) is 0 Å². The first-order valence-electron chi connectivity index (χ1n) is 6.95. The zero-order chi connectivity index (χ0) is 15.5. The molecule has 4 nitrogen and oxygen atoms in total. The van der Waals surface area contributed by atoms with Gasteiger partial charge in [0.05, 0.1) is 10.6 Å². The van der Waals surface area contributed by atoms with Crippen LogP contribution in [0.1, 0.15) is 19.0 Å². The maximum Gasteiger partial charge on any atom is 0.293 e. The van der Waals surface area contributed by atoms with Crippen molar-refractivity contribution in [3.05, 3.63) is 46.3 Å². The quantitative estimate of drug-likeness (QED) is 0.786. The van der Waals surface area contributed by atoms with Crippen LogP contribution in [0.15, 0.2) is 40.6 Å². The van der Waals surface area contributed by atoms with Gasteiger partial charge in [-0.3, -0.25) is 14.5 Å². The average molecular weight is 330 g/mol. The lowest BCUT2D eigenvalue weighted by Crippen LogP contribution is -2.28. The molecule has 0 spiro atoms. The van der Waals surface area contributed by atoms with Gasteiger partial charge in [0, 0.05) is 17.5 Å². The van der Waals surface area contributed by atoms with Gasteiger partial charge in [0.25, 0.3) is 11.1 Å². The van der Waals surface area contributed by atoms with Gasteiger partial charge in [0.15, 0.2) is 0 Å². The van der Waals surface area contributed by atoms with Crippen molar-refractivity contribution >= 4 is 40.3 Å². The van der Waals surface area contributed by atoms with Crippen LogP contribution in [-0.4, -0.2) is 27.6 Å². The Bertz CT molecular complexity index is 738. The van der Waals surface area contributed by atoms with E-state index in [1.54, 1.807) is 6.08 Å². The summed E-state index contributed by atoms with van der Waals surface area (Å²) in [5.41, 5.74) is 1.76. The minimum Gasteiger partial charge on any atom is -0.268 e. The molecule has 112 valence electrons. The Hall–Kier alpha value is -1.92. The van der Waals surface area contributed by atoms with Gasteiger partial charge in [0.2, 0.25) is 0 Å². The molecule has 0 atom stereocenters. The van der Waals surface area contributed by atoms with Crippen LogP contribution in [0.5, 0.6) is 0 Å². The summed E-state index contributed by atoms with van der Waals surface area (Å²) >= 11 is 2.51. The van der Waals surface area contributed by atoms with E-state index in [9.17, 15) is 9.59 Å². The van der Waals surface area contributed by atoms with E-state index < -0.39 is 0 Å². The van der Waals surface area contributed by atoms with Crippen LogP contribution in [0.2, 0.25) is 0 Å². The van der Waals surface area contributed by atoms with Gasteiger partial charge in [-0.25, -0.2) is 4.98 Å². The van der Waals surface area contributed by atoms with E-state index in [4.69, 9.17) is 0 Å². The molecule has 2 aromatic rings. The predicted molar refractivity (Wildman–Crippen MR) is 90.5 cm³/mol. The normalized spacial score (nSPS) is 16.8. The zero-order valence-corrected chi connectivity index (χ0v) is 13.6. The fourth-order valence-electron chi connectivity index (χ4n) is 2.12. The van der Waals surface area contributed by atoms with Crippen LogP contribution >= 0.6 is 23.1 Å². The number of hydrogen-bond acceptors (Lipinski definition) is 5. The topological polar surface area (TPSA) is 50.3 Å². The summed E-state index contributed by atoms with van der Waals surface area (Å²) in [5, 5.41) is 2.60. The number of nitrogens with zero attached hydrogens (tertiary/aromatic N) is 2. The first-order chi connectivity index (χ1) is 10.7. The van der Waals surface area contributed by atoms with Gasteiger partial charge < -0.3 is 0 Å². The number of hydrogen-bond donors (Lipinski definition) is 0. The Balaban J connectivity index is 1.83. The molecule has 0 radical (unpaired) electrons. The van der Waals surface area contributed by atoms with Crippen molar-refractivity contribution in [2.75, 3.05) is 6.54 Å². The van der Waals surface area contributed by atoms with Crippen LogP contribution < -0.4 is 0 Å². The number of carbonyl (C=O) groups is 2. The summed E-state index contributed by atoms with van der Waals surface area (Å²) in [5.74, 6) is -0.217. The van der Waals surface area contributed by atoms with Crippen LogP contribution in [0.25, 0.3) is 16.6 Å². The van der Waals surface area contributed by atoms with Gasteiger partial charge >= 0.3 is 0 Å². The third-order valence-electron chi connectivity index (χ3n) is 3.14. The molecule has 6 heteroatoms. The van der Waals surface area contributed by atoms with Gasteiger partial charge in [-0.2, -0.15) is 0 Å². The summed E-state index contributed by atoms with van der Waals surface area (Å²) in [4.78, 5) is 30.3. The fourth-order valence-corrected chi connectivity index (χ4v) is 3.75. The largest absolute Gasteiger partial charge is 0.293 e. The molecule has 22 heavy (non-hydrogen) atoms. The molecule has 0 bridgehead atoms. The number of thioether (sulfide) groups is 1. The molecule has 2 amide bonds. The minimum absolute atomic E-state index is 0.198. The van der Waals surface area contributed by atoms with Gasteiger partial charge in [0.1, 0.15) is 5.01 Å². The second-order valence-corrected chi connectivity index (χ2v) is 6.63. The van der Waals surface area contributed by atoms with E-state index in [1.165, 1.54) is 16.2 Å². The van der Waals surface area contributed by atoms with Crippen molar-refractivity contribution in [3.63, 3.8) is 0 Å². The lowest BCUT2D eigenvalue weighted by molar-refractivity contribution is -0.122. The van der Waals surface area contributed by atoms with E-state index in [0.717, 1.165) is 28.8 Å². The maximum absolute atomic E-state index is 12.2. The van der Waals surface area contributed by atoms with E-state index in [1.807, 2.05) is 42.6 Å². The van der Waals surface area contributed by atoms with Crippen LogP contribution in [0.3, 0.4) is 0 Å². The standard InChI is InChI=1S/C16H14N2O2S2/c1-2-8-18-15(19)13(22-16(18)20)9-12-10-21-14(17-12)11-6-4-3-5-7-11/h3-7,9-10H,2,8H2,1H3/b13-9+. The van der Waals surface area contributed by atoms with Crippen LogP contribution in [0.4, 0.5) is 4.79 Å². The molecule has 0 unspecified atom stereocenters. The number of aromatic nitrogens is 1. The molecule has 3 rings (SSSR count). The van der Waals surface area contributed by atoms with E-state index in [-0.39, 0.29) is 11.1 Å². The highest BCUT2D eigenvalue weighted by atomic mass is 32.2. The summed E-state index contributed by atoms with van der Waals surface area (Å²) in [6.07, 6.45) is 2.46. The number of rotatable bonds is 4. The van der Waals surface area contributed by atoms with Gasteiger partial charge in [-0.15, -0.1) is 11.3 Å². The minimum atomic E-state index is -0.217. The molecule has 1 aromatic heterocycles. The van der Waals surface area contributed by atoms with Crippen LogP contribution in [-0.2, 0) is 4.79 Å². The molecule has 0 saturated carbocycles. The monoisotopic (exact) mass is 330 g/mol. The second kappa shape index (κ2) is 6.46. The summed E-state index contributed by atoms with van der Waals surface area (Å²) in [6, 6.07) is 9.89. The van der Waals surface area contributed by atoms with E-state index >= 15 is 0 Å². The number of amides is 2. The lowest BCUT2D eigenvalue weighted by Gasteiger charge is -2.09. The molecule has 1 aliphatic heterocycles. The van der Waals surface area contributed by atoms with Crippen molar-refractivity contribution < 1.29 is 9.59 Å². The number of thiazole rings is 1. The number of carbonyl (C=O) groups excluding carboxylic acids is 2. The maximum atomic E-state index is 12.2. The third kappa shape index (κ3) is 2.98. The van der Waals surface area contributed by atoms with Crippen molar-refractivity contribution in [1.82, 2.24) is 9.88 Å². The summed E-state index contributed by atoms with van der Waals surface area (Å²) in [7, 11) is 0. The fraction of sp³-hybridized carbons (Fsp3) is 0.188. The Kier molecular flexibility index (Phi) is 4.40. The zero-order valence-electron chi connectivity index (χ0n) is 12.0. The highest BCUT2D eigenvalue weighted by Gasteiger charge is 2.34. The van der Waals surface area contributed by atoms with Gasteiger partial charge in [-0.05, 0) is 24.3 Å². The van der Waals surface area contributed by atoms with E-state index in [2.05, 4.69) is 4.98 Å². The van der Waals surface area contributed by atoms with Crippen molar-refractivity contribution in [2.45, 2.75) is 13.3 Å². The second-order valence-electron chi connectivity index (χ2n) is 4.78. The average Bonchev–Trinajstić information content (AvgIpc) is 3.09. The smallest absolute Gasteiger partial charge is 0.268 e. The Morgan fingerprint density at radius 2 is 2.00 bits per heavy atom. The molecular formula is C16H14N2O2S2. The molecule has 1 fully saturated rings. The molecule has 1 saturated heterocycles. The Morgan fingerprint density at radius 1 is 1.23 bits per heavy atom. The molecule has 0 aliphatic carbocycles.